The molecule has 7 rings (SSSR count). The number of rotatable bonds is 16. The van der Waals surface area contributed by atoms with Crippen LogP contribution in [0.3, 0.4) is 0 Å². The molecule has 0 aliphatic heterocycles. The van der Waals surface area contributed by atoms with E-state index in [1.54, 1.807) is 0 Å². The number of carbonyl (C=O) groups is 4. The normalized spacial score (nSPS) is 12.4. The van der Waals surface area contributed by atoms with Crippen molar-refractivity contribution in [1.82, 2.24) is 0 Å². The molecule has 0 aliphatic carbocycles. The summed E-state index contributed by atoms with van der Waals surface area (Å²) >= 11 is 31.1. The lowest BCUT2D eigenvalue weighted by Crippen LogP contribution is -2.17. The standard InChI is InChI=1S/C55H37Cl5F6N8O8/c1-26-20-41(68-53(80)49(28(3)76)74-72-43-22-30(5-17-38(43)59)51(78)70-45-24-32(55(64,65)66)7-19-47(45)82-36-14-10-34(57)11-15-36)39(60)25-40(26)67-52(79)48(27(2)75)73-71-42-21-29(4-16-37(42)58)50(77)69-44-23-31(54(61,62)63)6-18-46(44)81-35-12-8-33(56)9-13-35/h4-25,75-76H,1-3H3,(H,67,79)(H,68,80)(H,69,77)(H,70,78). The zero-order chi connectivity index (χ0) is 59.8. The van der Waals surface area contributed by atoms with Crippen LogP contribution in [0.15, 0.2) is 177 Å². The highest BCUT2D eigenvalue weighted by Gasteiger charge is 2.33. The van der Waals surface area contributed by atoms with Crippen LogP contribution in [0.25, 0.3) is 0 Å². The van der Waals surface area contributed by atoms with Gasteiger partial charge >= 0.3 is 12.4 Å². The molecule has 422 valence electrons. The van der Waals surface area contributed by atoms with Crippen LogP contribution in [0.2, 0.25) is 25.1 Å². The zero-order valence-corrected chi connectivity index (χ0v) is 45.8. The van der Waals surface area contributed by atoms with Gasteiger partial charge in [-0.2, -0.15) is 26.3 Å². The lowest BCUT2D eigenvalue weighted by molar-refractivity contribution is -0.138. The number of hydrogen-bond donors (Lipinski definition) is 6. The smallest absolute Gasteiger partial charge is 0.416 e. The number of halogens is 11. The van der Waals surface area contributed by atoms with E-state index in [-0.39, 0.29) is 88.9 Å². The van der Waals surface area contributed by atoms with Crippen LogP contribution in [-0.4, -0.2) is 33.8 Å². The zero-order valence-electron chi connectivity index (χ0n) is 42.0. The molecule has 0 bridgehead atoms. The number of nitrogens with one attached hydrogen (secondary N) is 4. The molecule has 0 aliphatic rings. The Balaban J connectivity index is 1.03. The summed E-state index contributed by atoms with van der Waals surface area (Å²) < 4.78 is 93.9. The van der Waals surface area contributed by atoms with Gasteiger partial charge in [-0.25, -0.2) is 0 Å². The number of aliphatic hydroxyl groups is 2. The summed E-state index contributed by atoms with van der Waals surface area (Å²) in [6, 6.07) is 26.5. The van der Waals surface area contributed by atoms with Gasteiger partial charge in [0.25, 0.3) is 23.6 Å². The minimum atomic E-state index is -4.78. The number of aliphatic hydroxyl groups excluding tert-OH is 2. The molecule has 0 fully saturated rings. The van der Waals surface area contributed by atoms with E-state index in [1.807, 2.05) is 0 Å². The molecule has 7 aromatic rings. The quantitative estimate of drug-likeness (QED) is 0.0236. The number of aryl methyl sites for hydroxylation is 1. The van der Waals surface area contributed by atoms with E-state index >= 15 is 0 Å². The second kappa shape index (κ2) is 25.8. The maximum Gasteiger partial charge on any atom is 0.416 e. The molecule has 4 amide bonds. The molecule has 16 nitrogen and oxygen atoms in total. The summed E-state index contributed by atoms with van der Waals surface area (Å²) in [5.74, 6) is -5.11. The number of benzene rings is 7. The van der Waals surface area contributed by atoms with Crippen LogP contribution in [0.4, 0.5) is 60.5 Å². The number of azo groups is 2. The molecule has 0 heterocycles. The van der Waals surface area contributed by atoms with Crippen molar-refractivity contribution in [3.8, 4) is 23.0 Å². The highest BCUT2D eigenvalue weighted by Crippen LogP contribution is 2.40. The van der Waals surface area contributed by atoms with Gasteiger partial charge in [-0.05, 0) is 160 Å². The van der Waals surface area contributed by atoms with E-state index in [0.717, 1.165) is 50.2 Å². The molecule has 0 spiro atoms. The summed E-state index contributed by atoms with van der Waals surface area (Å²) in [6.45, 7) is 3.72. The van der Waals surface area contributed by atoms with E-state index in [0.29, 0.717) is 22.2 Å². The average Bonchev–Trinajstić information content (AvgIpc) is 3.61. The van der Waals surface area contributed by atoms with Crippen molar-refractivity contribution in [3.63, 3.8) is 0 Å². The van der Waals surface area contributed by atoms with Gasteiger partial charge in [0.1, 0.15) is 34.4 Å². The first-order chi connectivity index (χ1) is 38.6. The molecule has 0 radical (unpaired) electrons. The van der Waals surface area contributed by atoms with Gasteiger partial charge < -0.3 is 41.0 Å². The highest BCUT2D eigenvalue weighted by atomic mass is 35.5. The summed E-state index contributed by atoms with van der Waals surface area (Å²) in [5, 5.41) is 46.7. The minimum Gasteiger partial charge on any atom is -0.510 e. The molecule has 0 saturated heterocycles. The molecule has 6 N–H and O–H groups in total. The van der Waals surface area contributed by atoms with Gasteiger partial charge in [0.15, 0.2) is 22.9 Å². The van der Waals surface area contributed by atoms with E-state index < -0.39 is 70.0 Å². The minimum absolute atomic E-state index is 0.0402. The van der Waals surface area contributed by atoms with Gasteiger partial charge in [0.05, 0.1) is 43.3 Å². The molecule has 82 heavy (non-hydrogen) atoms. The topological polar surface area (TPSA) is 225 Å². The predicted molar refractivity (Wildman–Crippen MR) is 298 cm³/mol. The maximum atomic E-state index is 13.7. The van der Waals surface area contributed by atoms with E-state index in [1.165, 1.54) is 91.9 Å². The Labute approximate surface area is 485 Å². The van der Waals surface area contributed by atoms with Gasteiger partial charge in [-0.1, -0.05) is 58.0 Å². The van der Waals surface area contributed by atoms with Crippen molar-refractivity contribution >= 4 is 116 Å². The molecule has 7 aromatic carbocycles. The summed E-state index contributed by atoms with van der Waals surface area (Å²) in [6.07, 6.45) is -9.56. The predicted octanol–water partition coefficient (Wildman–Crippen LogP) is 18.4. The summed E-state index contributed by atoms with van der Waals surface area (Å²) in [7, 11) is 0. The molecular formula is C55H37Cl5F6N8O8. The summed E-state index contributed by atoms with van der Waals surface area (Å²) in [4.78, 5) is 54.1. The first kappa shape index (κ1) is 61.0. The van der Waals surface area contributed by atoms with Crippen molar-refractivity contribution in [2.45, 2.75) is 33.1 Å². The number of amides is 4. The fourth-order valence-corrected chi connectivity index (χ4v) is 7.72. The van der Waals surface area contributed by atoms with Gasteiger partial charge in [-0.15, -0.1) is 20.5 Å². The van der Waals surface area contributed by atoms with Crippen LogP contribution >= 0.6 is 58.0 Å². The SMILES string of the molecule is CC(O)=C(N=Nc1cc(C(=O)Nc2cc(C(F)(F)F)ccc2Oc2ccc(Cl)cc2)ccc1Cl)C(=O)Nc1cc(Cl)c(NC(=O)C(N=Nc2cc(C(=O)Nc3cc(C(F)(F)F)ccc3Oc3ccc(Cl)cc3)ccc2Cl)=C(C)O)cc1C. The van der Waals surface area contributed by atoms with Crippen molar-refractivity contribution < 1.29 is 65.2 Å². The molecular weight excluding hydrogens is 1190 g/mol. The van der Waals surface area contributed by atoms with Crippen LogP contribution in [-0.2, 0) is 21.9 Å². The van der Waals surface area contributed by atoms with Crippen molar-refractivity contribution in [1.29, 1.82) is 0 Å². The van der Waals surface area contributed by atoms with E-state index in [9.17, 15) is 55.7 Å². The van der Waals surface area contributed by atoms with Crippen LogP contribution in [0.1, 0.15) is 51.3 Å². The Bertz CT molecular complexity index is 3530. The number of alkyl halides is 6. The lowest BCUT2D eigenvalue weighted by Gasteiger charge is -2.15. The number of nitrogens with zero attached hydrogens (tertiary/aromatic N) is 4. The number of ether oxygens (including phenoxy) is 2. The monoisotopic (exact) mass is 1230 g/mol. The van der Waals surface area contributed by atoms with Crippen LogP contribution in [0.5, 0.6) is 23.0 Å². The second-order valence-corrected chi connectivity index (χ2v) is 19.2. The Morgan fingerprint density at radius 3 is 1.23 bits per heavy atom. The average molecular weight is 1230 g/mol. The first-order valence-electron chi connectivity index (χ1n) is 23.2. The molecule has 0 aromatic heterocycles. The third kappa shape index (κ3) is 15.8. The van der Waals surface area contributed by atoms with E-state index in [4.69, 9.17) is 67.5 Å². The first-order valence-corrected chi connectivity index (χ1v) is 25.1. The van der Waals surface area contributed by atoms with Gasteiger partial charge in [0.2, 0.25) is 0 Å². The van der Waals surface area contributed by atoms with Crippen molar-refractivity contribution in [3.05, 3.63) is 209 Å². The number of hydrogen-bond acceptors (Lipinski definition) is 12. The second-order valence-electron chi connectivity index (χ2n) is 17.1. The Morgan fingerprint density at radius 1 is 0.463 bits per heavy atom. The Hall–Kier alpha value is -8.67. The van der Waals surface area contributed by atoms with Crippen LogP contribution < -0.4 is 30.7 Å². The molecule has 27 heteroatoms. The Kier molecular flexibility index (Phi) is 19.2. The summed E-state index contributed by atoms with van der Waals surface area (Å²) in [5.41, 5.74) is -4.70. The van der Waals surface area contributed by atoms with Crippen molar-refractivity contribution in [2.24, 2.45) is 20.5 Å². The van der Waals surface area contributed by atoms with E-state index in [2.05, 4.69) is 41.7 Å². The molecule has 0 saturated carbocycles. The maximum absolute atomic E-state index is 13.7. The molecule has 0 unspecified atom stereocenters. The Morgan fingerprint density at radius 2 is 0.854 bits per heavy atom. The van der Waals surface area contributed by atoms with Gasteiger partial charge in [0, 0.05) is 26.9 Å². The highest BCUT2D eigenvalue weighted by molar-refractivity contribution is 6.35. The third-order valence-electron chi connectivity index (χ3n) is 11.1. The molecule has 0 atom stereocenters. The fourth-order valence-electron chi connectivity index (χ4n) is 6.94. The van der Waals surface area contributed by atoms with Crippen molar-refractivity contribution in [2.75, 3.05) is 21.3 Å². The lowest BCUT2D eigenvalue weighted by atomic mass is 10.1. The third-order valence-corrected chi connectivity index (χ3v) is 12.5. The largest absolute Gasteiger partial charge is 0.510 e. The number of allylic oxidation sites excluding steroid dienone is 2. The number of anilines is 4. The van der Waals surface area contributed by atoms with Crippen LogP contribution in [0, 0.1) is 6.92 Å². The number of carbonyl (C=O) groups excluding carboxylic acids is 4. The van der Waals surface area contributed by atoms with Gasteiger partial charge in [-0.3, -0.25) is 19.2 Å². The fraction of sp³-hybridized carbons (Fsp3) is 0.0909.